The standard InChI is InChI=1S/C7H13NO3/c1-11-7(9)5-3-2-4-6-8-10/h2-6H2,1H3. The lowest BCUT2D eigenvalue weighted by Gasteiger charge is -1.96. The van der Waals surface area contributed by atoms with Crippen molar-refractivity contribution < 1.29 is 9.53 Å². The molecule has 0 N–H and O–H groups in total. The Labute approximate surface area is 65.9 Å². The van der Waals surface area contributed by atoms with E-state index in [0.29, 0.717) is 13.0 Å². The molecular formula is C7H13NO3. The molecule has 0 fully saturated rings. The topological polar surface area (TPSA) is 55.7 Å². The second-order valence-electron chi connectivity index (χ2n) is 2.24. The molecule has 0 unspecified atom stereocenters. The molecule has 64 valence electrons. The summed E-state index contributed by atoms with van der Waals surface area (Å²) in [6, 6.07) is 0. The van der Waals surface area contributed by atoms with Crippen LogP contribution in [0.25, 0.3) is 0 Å². The molecule has 0 radical (unpaired) electrons. The lowest BCUT2D eigenvalue weighted by molar-refractivity contribution is -0.140. The molecule has 0 saturated heterocycles. The van der Waals surface area contributed by atoms with Crippen LogP contribution in [-0.4, -0.2) is 19.6 Å². The van der Waals surface area contributed by atoms with Gasteiger partial charge >= 0.3 is 5.97 Å². The van der Waals surface area contributed by atoms with E-state index in [9.17, 15) is 9.70 Å². The number of hydrogen-bond acceptors (Lipinski definition) is 4. The molecule has 0 aromatic carbocycles. The van der Waals surface area contributed by atoms with Gasteiger partial charge in [-0.1, -0.05) is 11.6 Å². The SMILES string of the molecule is COC(=O)CCCCCN=O. The molecule has 0 aliphatic rings. The third-order valence-electron chi connectivity index (χ3n) is 1.36. The number of hydrogen-bond donors (Lipinski definition) is 0. The lowest BCUT2D eigenvalue weighted by Crippen LogP contribution is -1.99. The molecular weight excluding hydrogens is 146 g/mol. The van der Waals surface area contributed by atoms with Crippen molar-refractivity contribution in [2.45, 2.75) is 25.7 Å². The van der Waals surface area contributed by atoms with E-state index < -0.39 is 0 Å². The fourth-order valence-electron chi connectivity index (χ4n) is 0.725. The average Bonchev–Trinajstić information content (AvgIpc) is 2.04. The van der Waals surface area contributed by atoms with E-state index in [1.807, 2.05) is 0 Å². The van der Waals surface area contributed by atoms with Gasteiger partial charge in [0.1, 0.15) is 0 Å². The van der Waals surface area contributed by atoms with Gasteiger partial charge in [-0.15, -0.1) is 0 Å². The Bertz CT molecular complexity index is 125. The number of nitroso groups, excluding NO2 is 1. The van der Waals surface area contributed by atoms with Crippen molar-refractivity contribution in [3.63, 3.8) is 0 Å². The van der Waals surface area contributed by atoms with Gasteiger partial charge in [-0.2, -0.15) is 4.91 Å². The fraction of sp³-hybridized carbons (Fsp3) is 0.857. The molecule has 0 saturated carbocycles. The van der Waals surface area contributed by atoms with Gasteiger partial charge in [0, 0.05) is 6.42 Å². The number of rotatable bonds is 6. The third kappa shape index (κ3) is 6.96. The summed E-state index contributed by atoms with van der Waals surface area (Å²) < 4.78 is 4.43. The Balaban J connectivity index is 3.01. The second-order valence-corrected chi connectivity index (χ2v) is 2.24. The molecule has 11 heavy (non-hydrogen) atoms. The van der Waals surface area contributed by atoms with Crippen LogP contribution < -0.4 is 0 Å². The van der Waals surface area contributed by atoms with Crippen LogP contribution in [0.15, 0.2) is 5.18 Å². The van der Waals surface area contributed by atoms with E-state index >= 15 is 0 Å². The molecule has 4 nitrogen and oxygen atoms in total. The number of nitrogens with zero attached hydrogens (tertiary/aromatic N) is 1. The highest BCUT2D eigenvalue weighted by atomic mass is 16.5. The molecule has 0 atom stereocenters. The number of unbranched alkanes of at least 4 members (excludes halogenated alkanes) is 2. The van der Waals surface area contributed by atoms with Crippen molar-refractivity contribution in [3.05, 3.63) is 4.91 Å². The quantitative estimate of drug-likeness (QED) is 0.335. The highest BCUT2D eigenvalue weighted by molar-refractivity contribution is 5.68. The molecule has 4 heteroatoms. The smallest absolute Gasteiger partial charge is 0.305 e. The van der Waals surface area contributed by atoms with E-state index in [1.54, 1.807) is 0 Å². The molecule has 0 aliphatic carbocycles. The summed E-state index contributed by atoms with van der Waals surface area (Å²) in [5.41, 5.74) is 0. The maximum absolute atomic E-state index is 10.5. The van der Waals surface area contributed by atoms with E-state index in [2.05, 4.69) is 9.91 Å². The lowest BCUT2D eigenvalue weighted by atomic mass is 10.2. The van der Waals surface area contributed by atoms with Crippen LogP contribution in [0.2, 0.25) is 0 Å². The maximum Gasteiger partial charge on any atom is 0.305 e. The Morgan fingerprint density at radius 1 is 1.36 bits per heavy atom. The Morgan fingerprint density at radius 2 is 2.09 bits per heavy atom. The Kier molecular flexibility index (Phi) is 6.57. The van der Waals surface area contributed by atoms with E-state index in [4.69, 9.17) is 0 Å². The zero-order chi connectivity index (χ0) is 8.53. The van der Waals surface area contributed by atoms with Crippen LogP contribution in [-0.2, 0) is 9.53 Å². The first-order chi connectivity index (χ1) is 5.31. The largest absolute Gasteiger partial charge is 0.469 e. The number of methoxy groups -OCH3 is 1. The molecule has 0 aromatic heterocycles. The zero-order valence-electron chi connectivity index (χ0n) is 6.71. The van der Waals surface area contributed by atoms with E-state index in [0.717, 1.165) is 19.3 Å². The van der Waals surface area contributed by atoms with Gasteiger partial charge < -0.3 is 4.74 Å². The summed E-state index contributed by atoms with van der Waals surface area (Å²) in [4.78, 5) is 20.2. The van der Waals surface area contributed by atoms with Crippen LogP contribution in [0.1, 0.15) is 25.7 Å². The molecule has 0 aliphatic heterocycles. The van der Waals surface area contributed by atoms with Crippen LogP contribution in [0, 0.1) is 4.91 Å². The Hall–Kier alpha value is -0.930. The minimum Gasteiger partial charge on any atom is -0.469 e. The molecule has 0 bridgehead atoms. The predicted octanol–water partition coefficient (Wildman–Crippen LogP) is 1.49. The number of carbonyl (C=O) groups is 1. The number of carbonyl (C=O) groups excluding carboxylic acids is 1. The molecule has 0 aromatic rings. The van der Waals surface area contributed by atoms with Crippen molar-refractivity contribution in [2.24, 2.45) is 5.18 Å². The van der Waals surface area contributed by atoms with Gasteiger partial charge in [-0.25, -0.2) is 0 Å². The van der Waals surface area contributed by atoms with Gasteiger partial charge in [0.15, 0.2) is 0 Å². The highest BCUT2D eigenvalue weighted by Gasteiger charge is 1.98. The number of esters is 1. The van der Waals surface area contributed by atoms with Crippen molar-refractivity contribution in [2.75, 3.05) is 13.7 Å². The van der Waals surface area contributed by atoms with Gasteiger partial charge in [0.25, 0.3) is 0 Å². The van der Waals surface area contributed by atoms with Gasteiger partial charge in [0.05, 0.1) is 13.7 Å². The summed E-state index contributed by atoms with van der Waals surface area (Å²) >= 11 is 0. The summed E-state index contributed by atoms with van der Waals surface area (Å²) in [6.07, 6.45) is 2.85. The highest BCUT2D eigenvalue weighted by Crippen LogP contribution is 2.00. The molecule has 0 spiro atoms. The van der Waals surface area contributed by atoms with Crippen molar-refractivity contribution >= 4 is 5.97 Å². The molecule has 0 heterocycles. The predicted molar refractivity (Wildman–Crippen MR) is 41.1 cm³/mol. The normalized spacial score (nSPS) is 9.18. The maximum atomic E-state index is 10.5. The minimum atomic E-state index is -0.191. The second kappa shape index (κ2) is 7.18. The monoisotopic (exact) mass is 159 g/mol. The molecule has 0 amide bonds. The summed E-state index contributed by atoms with van der Waals surface area (Å²) in [5.74, 6) is -0.191. The first-order valence-corrected chi connectivity index (χ1v) is 3.67. The van der Waals surface area contributed by atoms with Crippen molar-refractivity contribution in [1.82, 2.24) is 0 Å². The zero-order valence-corrected chi connectivity index (χ0v) is 6.71. The van der Waals surface area contributed by atoms with Gasteiger partial charge in [0.2, 0.25) is 0 Å². The minimum absolute atomic E-state index is 0.191. The van der Waals surface area contributed by atoms with Crippen LogP contribution in [0.5, 0.6) is 0 Å². The van der Waals surface area contributed by atoms with Crippen molar-refractivity contribution in [3.8, 4) is 0 Å². The van der Waals surface area contributed by atoms with Gasteiger partial charge in [-0.3, -0.25) is 4.79 Å². The summed E-state index contributed by atoms with van der Waals surface area (Å²) in [6.45, 7) is 0.348. The summed E-state index contributed by atoms with van der Waals surface area (Å²) in [7, 11) is 1.37. The van der Waals surface area contributed by atoms with Crippen molar-refractivity contribution in [1.29, 1.82) is 0 Å². The first-order valence-electron chi connectivity index (χ1n) is 3.67. The molecule has 0 rings (SSSR count). The third-order valence-corrected chi connectivity index (χ3v) is 1.36. The first kappa shape index (κ1) is 10.1. The Morgan fingerprint density at radius 3 is 2.64 bits per heavy atom. The average molecular weight is 159 g/mol. The van der Waals surface area contributed by atoms with Crippen LogP contribution in [0.4, 0.5) is 0 Å². The van der Waals surface area contributed by atoms with E-state index in [1.165, 1.54) is 7.11 Å². The van der Waals surface area contributed by atoms with E-state index in [-0.39, 0.29) is 5.97 Å². The van der Waals surface area contributed by atoms with Crippen LogP contribution >= 0.6 is 0 Å². The summed E-state index contributed by atoms with van der Waals surface area (Å²) in [5, 5.41) is 2.71. The fourth-order valence-corrected chi connectivity index (χ4v) is 0.725. The van der Waals surface area contributed by atoms with Gasteiger partial charge in [-0.05, 0) is 12.8 Å². The van der Waals surface area contributed by atoms with Crippen LogP contribution in [0.3, 0.4) is 0 Å². The number of ether oxygens (including phenoxy) is 1.